The number of morpholine rings is 1. The van der Waals surface area contributed by atoms with Gasteiger partial charge in [-0.05, 0) is 39.5 Å². The van der Waals surface area contributed by atoms with E-state index in [-0.39, 0.29) is 5.60 Å². The second kappa shape index (κ2) is 6.21. The lowest BCUT2D eigenvalue weighted by atomic mass is 9.90. The minimum absolute atomic E-state index is 0.0310. The van der Waals surface area contributed by atoms with Gasteiger partial charge in [0.25, 0.3) is 0 Å². The third-order valence-electron chi connectivity index (χ3n) is 4.13. The van der Waals surface area contributed by atoms with E-state index >= 15 is 0 Å². The van der Waals surface area contributed by atoms with Crippen molar-refractivity contribution in [1.29, 1.82) is 0 Å². The molecule has 1 saturated heterocycles. The molecule has 0 aromatic heterocycles. The fourth-order valence-corrected chi connectivity index (χ4v) is 3.70. The van der Waals surface area contributed by atoms with Crippen LogP contribution < -0.4 is 0 Å². The molecule has 2 aliphatic rings. The van der Waals surface area contributed by atoms with Gasteiger partial charge >= 0.3 is 0 Å². The van der Waals surface area contributed by atoms with Crippen LogP contribution >= 0.6 is 15.9 Å². The molecule has 4 heteroatoms. The first-order valence-electron chi connectivity index (χ1n) is 7.04. The molecule has 1 saturated carbocycles. The summed E-state index contributed by atoms with van der Waals surface area (Å²) in [5, 5.41) is 0.924. The first-order chi connectivity index (χ1) is 8.54. The molecule has 18 heavy (non-hydrogen) atoms. The van der Waals surface area contributed by atoms with Crippen molar-refractivity contribution in [2.45, 2.75) is 63.4 Å². The molecule has 1 aliphatic heterocycles. The molecule has 3 atom stereocenters. The maximum atomic E-state index is 6.08. The molecule has 106 valence electrons. The normalized spacial score (nSPS) is 37.7. The van der Waals surface area contributed by atoms with Crippen LogP contribution in [-0.2, 0) is 9.47 Å². The van der Waals surface area contributed by atoms with Crippen molar-refractivity contribution in [2.75, 3.05) is 25.5 Å². The number of methoxy groups -OCH3 is 1. The van der Waals surface area contributed by atoms with Crippen molar-refractivity contribution in [3.63, 3.8) is 0 Å². The minimum atomic E-state index is -0.0310. The Morgan fingerprint density at radius 3 is 2.83 bits per heavy atom. The second-order valence-electron chi connectivity index (χ2n) is 6.26. The number of hydrogen-bond donors (Lipinski definition) is 0. The summed E-state index contributed by atoms with van der Waals surface area (Å²) in [7, 11) is 1.84. The first-order valence-corrected chi connectivity index (χ1v) is 8.17. The predicted molar refractivity (Wildman–Crippen MR) is 77.4 cm³/mol. The fourth-order valence-electron chi connectivity index (χ4n) is 3.37. The van der Waals surface area contributed by atoms with Gasteiger partial charge in [0.1, 0.15) is 0 Å². The molecule has 2 fully saturated rings. The molecule has 0 spiro atoms. The number of ether oxygens (including phenoxy) is 2. The highest BCUT2D eigenvalue weighted by Crippen LogP contribution is 2.30. The Labute approximate surface area is 119 Å². The SMILES string of the molecule is COC1CCCC(N2CC(CBr)OC(C)(C)C2)C1. The molecular formula is C14H26BrNO2. The van der Waals surface area contributed by atoms with Gasteiger partial charge in [-0.3, -0.25) is 4.90 Å². The standard InChI is InChI=1S/C14H26BrNO2/c1-14(2)10-16(9-13(8-15)18-14)11-5-4-6-12(7-11)17-3/h11-13H,4-10H2,1-3H3. The third kappa shape index (κ3) is 3.69. The molecule has 0 N–H and O–H groups in total. The summed E-state index contributed by atoms with van der Waals surface area (Å²) in [6.45, 7) is 6.49. The number of nitrogens with zero attached hydrogens (tertiary/aromatic N) is 1. The zero-order chi connectivity index (χ0) is 13.2. The van der Waals surface area contributed by atoms with Gasteiger partial charge in [0.05, 0.1) is 17.8 Å². The highest BCUT2D eigenvalue weighted by Gasteiger charge is 2.37. The van der Waals surface area contributed by atoms with Crippen molar-refractivity contribution in [3.05, 3.63) is 0 Å². The molecular weight excluding hydrogens is 294 g/mol. The van der Waals surface area contributed by atoms with Crippen LogP contribution in [0, 0.1) is 0 Å². The van der Waals surface area contributed by atoms with Crippen LogP contribution in [-0.4, -0.2) is 54.3 Å². The summed E-state index contributed by atoms with van der Waals surface area (Å²) in [5.41, 5.74) is -0.0310. The average Bonchev–Trinajstić information content (AvgIpc) is 2.37. The zero-order valence-electron chi connectivity index (χ0n) is 11.8. The highest BCUT2D eigenvalue weighted by atomic mass is 79.9. The molecule has 1 aliphatic carbocycles. The van der Waals surface area contributed by atoms with Crippen LogP contribution in [0.5, 0.6) is 0 Å². The maximum Gasteiger partial charge on any atom is 0.0806 e. The predicted octanol–water partition coefficient (Wildman–Crippen LogP) is 2.82. The summed E-state index contributed by atoms with van der Waals surface area (Å²) < 4.78 is 11.6. The van der Waals surface area contributed by atoms with E-state index in [9.17, 15) is 0 Å². The van der Waals surface area contributed by atoms with E-state index in [0.29, 0.717) is 18.2 Å². The Hall–Kier alpha value is 0.360. The molecule has 3 unspecified atom stereocenters. The van der Waals surface area contributed by atoms with Gasteiger partial charge in [-0.2, -0.15) is 0 Å². The van der Waals surface area contributed by atoms with Gasteiger partial charge in [0, 0.05) is 31.6 Å². The lowest BCUT2D eigenvalue weighted by Crippen LogP contribution is -2.57. The van der Waals surface area contributed by atoms with E-state index in [1.807, 2.05) is 7.11 Å². The first kappa shape index (κ1) is 14.8. The van der Waals surface area contributed by atoms with E-state index in [2.05, 4.69) is 34.7 Å². The zero-order valence-corrected chi connectivity index (χ0v) is 13.4. The molecule has 0 amide bonds. The molecule has 2 rings (SSSR count). The summed E-state index contributed by atoms with van der Waals surface area (Å²) in [5.74, 6) is 0. The smallest absolute Gasteiger partial charge is 0.0806 e. The summed E-state index contributed by atoms with van der Waals surface area (Å²) >= 11 is 3.56. The van der Waals surface area contributed by atoms with Crippen molar-refractivity contribution < 1.29 is 9.47 Å². The highest BCUT2D eigenvalue weighted by molar-refractivity contribution is 9.09. The van der Waals surface area contributed by atoms with Gasteiger partial charge in [-0.25, -0.2) is 0 Å². The lowest BCUT2D eigenvalue weighted by Gasteiger charge is -2.47. The van der Waals surface area contributed by atoms with Crippen LogP contribution in [0.1, 0.15) is 39.5 Å². The Bertz CT molecular complexity index is 273. The third-order valence-corrected chi connectivity index (χ3v) is 4.85. The van der Waals surface area contributed by atoms with Crippen molar-refractivity contribution in [1.82, 2.24) is 4.90 Å². The van der Waals surface area contributed by atoms with Crippen LogP contribution in [0.2, 0.25) is 0 Å². The largest absolute Gasteiger partial charge is 0.381 e. The Morgan fingerprint density at radius 2 is 2.17 bits per heavy atom. The van der Waals surface area contributed by atoms with Gasteiger partial charge in [-0.1, -0.05) is 15.9 Å². The monoisotopic (exact) mass is 319 g/mol. The van der Waals surface area contributed by atoms with E-state index in [1.165, 1.54) is 25.7 Å². The van der Waals surface area contributed by atoms with Crippen LogP contribution in [0.3, 0.4) is 0 Å². The van der Waals surface area contributed by atoms with Gasteiger partial charge in [0.15, 0.2) is 0 Å². The summed E-state index contributed by atoms with van der Waals surface area (Å²) in [6, 6.07) is 0.674. The molecule has 3 nitrogen and oxygen atoms in total. The Kier molecular flexibility index (Phi) is 5.09. The second-order valence-corrected chi connectivity index (χ2v) is 6.91. The topological polar surface area (TPSA) is 21.7 Å². The van der Waals surface area contributed by atoms with E-state index in [1.54, 1.807) is 0 Å². The summed E-state index contributed by atoms with van der Waals surface area (Å²) in [6.07, 6.45) is 5.78. The lowest BCUT2D eigenvalue weighted by molar-refractivity contribution is -0.141. The molecule has 0 bridgehead atoms. The van der Waals surface area contributed by atoms with Gasteiger partial charge in [0.2, 0.25) is 0 Å². The van der Waals surface area contributed by atoms with Crippen LogP contribution in [0.25, 0.3) is 0 Å². The number of rotatable bonds is 3. The summed E-state index contributed by atoms with van der Waals surface area (Å²) in [4.78, 5) is 2.63. The fraction of sp³-hybridized carbons (Fsp3) is 1.00. The minimum Gasteiger partial charge on any atom is -0.381 e. The average molecular weight is 320 g/mol. The van der Waals surface area contributed by atoms with Crippen LogP contribution in [0.15, 0.2) is 0 Å². The number of alkyl halides is 1. The molecule has 0 aromatic carbocycles. The maximum absolute atomic E-state index is 6.08. The van der Waals surface area contributed by atoms with Gasteiger partial charge < -0.3 is 9.47 Å². The van der Waals surface area contributed by atoms with Crippen molar-refractivity contribution >= 4 is 15.9 Å². The molecule has 0 aromatic rings. The number of halogens is 1. The number of hydrogen-bond acceptors (Lipinski definition) is 3. The van der Waals surface area contributed by atoms with Crippen LogP contribution in [0.4, 0.5) is 0 Å². The van der Waals surface area contributed by atoms with E-state index in [0.717, 1.165) is 18.4 Å². The van der Waals surface area contributed by atoms with Crippen molar-refractivity contribution in [2.24, 2.45) is 0 Å². The van der Waals surface area contributed by atoms with Gasteiger partial charge in [-0.15, -0.1) is 0 Å². The Morgan fingerprint density at radius 1 is 1.39 bits per heavy atom. The van der Waals surface area contributed by atoms with E-state index in [4.69, 9.17) is 9.47 Å². The quantitative estimate of drug-likeness (QED) is 0.747. The molecule has 1 heterocycles. The van der Waals surface area contributed by atoms with E-state index < -0.39 is 0 Å². The molecule has 0 radical (unpaired) electrons. The Balaban J connectivity index is 1.98. The van der Waals surface area contributed by atoms with Crippen molar-refractivity contribution in [3.8, 4) is 0 Å².